The van der Waals surface area contributed by atoms with Crippen molar-refractivity contribution >= 4 is 38.7 Å². The SMILES string of the molecule is CCCCCOc1ccc(-c2ccc(C[C@H](N)C(=O)N[C@@H](CCCc3cc(C)cc(C)c3)C(=O)Cc3ccccc3)cc2)c(CC)c1.S.S. The number of hydrogen-bond donors (Lipinski definition) is 2. The second kappa shape index (κ2) is 21.5. The van der Waals surface area contributed by atoms with E-state index < -0.39 is 12.1 Å². The van der Waals surface area contributed by atoms with Gasteiger partial charge in [0.15, 0.2) is 5.78 Å². The maximum atomic E-state index is 13.4. The molecule has 0 spiro atoms. The summed E-state index contributed by atoms with van der Waals surface area (Å²) >= 11 is 0. The first-order valence-electron chi connectivity index (χ1n) is 17.3. The maximum Gasteiger partial charge on any atom is 0.237 e. The number of ether oxygens (including phenoxy) is 1. The zero-order valence-electron chi connectivity index (χ0n) is 29.7. The smallest absolute Gasteiger partial charge is 0.237 e. The molecule has 4 aromatic rings. The lowest BCUT2D eigenvalue weighted by molar-refractivity contribution is -0.128. The molecule has 0 unspecified atom stereocenters. The molecule has 3 N–H and O–H groups in total. The highest BCUT2D eigenvalue weighted by atomic mass is 32.1. The number of hydrogen-bond acceptors (Lipinski definition) is 4. The van der Waals surface area contributed by atoms with E-state index in [2.05, 4.69) is 75.5 Å². The summed E-state index contributed by atoms with van der Waals surface area (Å²) in [5.74, 6) is 0.626. The van der Waals surface area contributed by atoms with Gasteiger partial charge in [-0.2, -0.15) is 27.0 Å². The fraction of sp³-hybridized carbons (Fsp3) is 0.381. The molecule has 5 nitrogen and oxygen atoms in total. The Morgan fingerprint density at radius 2 is 1.47 bits per heavy atom. The number of rotatable bonds is 18. The zero-order chi connectivity index (χ0) is 33.6. The number of ketones is 1. The van der Waals surface area contributed by atoms with Gasteiger partial charge in [-0.1, -0.05) is 117 Å². The van der Waals surface area contributed by atoms with Gasteiger partial charge in [0.2, 0.25) is 5.91 Å². The molecule has 0 saturated heterocycles. The minimum atomic E-state index is -0.761. The lowest BCUT2D eigenvalue weighted by Crippen LogP contribution is -2.49. The van der Waals surface area contributed by atoms with Gasteiger partial charge in [0.25, 0.3) is 0 Å². The van der Waals surface area contributed by atoms with Crippen LogP contribution in [0.1, 0.15) is 79.3 Å². The fourth-order valence-electron chi connectivity index (χ4n) is 6.18. The van der Waals surface area contributed by atoms with Crippen LogP contribution in [0.3, 0.4) is 0 Å². The standard InChI is InChI=1S/C42H52N2O3.2H2S/c1-5-7-11-23-47-37-21-22-38(35(6-2)29-37)36-19-17-33(18-20-36)27-39(43)42(46)44-40(41(45)28-32-13-9-8-10-14-32)16-12-15-34-25-30(3)24-31(4)26-34;;/h8-10,13-14,17-22,24-26,29,39-40H,5-7,11-12,15-16,23,27-28,43H2,1-4H3,(H,44,46);2*1H2/t39-,40-;;/m0../s1. The van der Waals surface area contributed by atoms with Crippen molar-refractivity contribution in [3.63, 3.8) is 0 Å². The monoisotopic (exact) mass is 700 g/mol. The topological polar surface area (TPSA) is 81.4 Å². The van der Waals surface area contributed by atoms with Crippen molar-refractivity contribution in [2.24, 2.45) is 5.73 Å². The summed E-state index contributed by atoms with van der Waals surface area (Å²) in [5.41, 5.74) is 15.6. The zero-order valence-corrected chi connectivity index (χ0v) is 31.7. The van der Waals surface area contributed by atoms with Gasteiger partial charge in [-0.05, 0) is 97.9 Å². The minimum absolute atomic E-state index is 0. The van der Waals surface area contributed by atoms with Crippen LogP contribution >= 0.6 is 27.0 Å². The van der Waals surface area contributed by atoms with E-state index in [1.165, 1.54) is 40.7 Å². The lowest BCUT2D eigenvalue weighted by Gasteiger charge is -2.21. The van der Waals surface area contributed by atoms with Crippen molar-refractivity contribution in [3.8, 4) is 16.9 Å². The molecule has 2 atom stereocenters. The second-order valence-electron chi connectivity index (χ2n) is 12.8. The Labute approximate surface area is 308 Å². The lowest BCUT2D eigenvalue weighted by atomic mass is 9.95. The largest absolute Gasteiger partial charge is 0.494 e. The first kappa shape index (κ1) is 41.7. The number of carbonyl (C=O) groups excluding carboxylic acids is 2. The van der Waals surface area contributed by atoms with Crippen molar-refractivity contribution < 1.29 is 14.3 Å². The molecular formula is C42H56N2O3S2. The van der Waals surface area contributed by atoms with Crippen molar-refractivity contribution in [1.29, 1.82) is 0 Å². The van der Waals surface area contributed by atoms with Gasteiger partial charge in [-0.3, -0.25) is 9.59 Å². The number of unbranched alkanes of at least 4 members (excludes halogenated alkanes) is 2. The Morgan fingerprint density at radius 3 is 2.12 bits per heavy atom. The Bertz CT molecular complexity index is 1570. The van der Waals surface area contributed by atoms with Crippen LogP contribution in [0.15, 0.2) is 91.0 Å². The summed E-state index contributed by atoms with van der Waals surface area (Å²) < 4.78 is 5.98. The summed E-state index contributed by atoms with van der Waals surface area (Å²) in [7, 11) is 0. The molecule has 0 aliphatic carbocycles. The molecule has 0 aliphatic heterocycles. The molecule has 0 radical (unpaired) electrons. The quantitative estimate of drug-likeness (QED) is 0.102. The molecule has 0 aliphatic rings. The Morgan fingerprint density at radius 1 is 0.776 bits per heavy atom. The molecule has 0 saturated carbocycles. The average Bonchev–Trinajstić information content (AvgIpc) is 3.06. The predicted molar refractivity (Wildman–Crippen MR) is 215 cm³/mol. The third-order valence-corrected chi connectivity index (χ3v) is 8.70. The van der Waals surface area contributed by atoms with Gasteiger partial charge in [0.05, 0.1) is 18.7 Å². The van der Waals surface area contributed by atoms with E-state index in [0.717, 1.165) is 54.7 Å². The third-order valence-electron chi connectivity index (χ3n) is 8.70. The van der Waals surface area contributed by atoms with Crippen molar-refractivity contribution in [1.82, 2.24) is 5.32 Å². The molecule has 4 aromatic carbocycles. The Kier molecular flexibility index (Phi) is 18.3. The molecule has 0 bridgehead atoms. The highest BCUT2D eigenvalue weighted by molar-refractivity contribution is 7.59. The number of nitrogens with one attached hydrogen (secondary N) is 1. The van der Waals surface area contributed by atoms with Gasteiger partial charge in [-0.15, -0.1) is 0 Å². The van der Waals surface area contributed by atoms with E-state index in [4.69, 9.17) is 10.5 Å². The van der Waals surface area contributed by atoms with Crippen LogP contribution < -0.4 is 15.8 Å². The Balaban J connectivity index is 0.00000417. The number of benzene rings is 4. The van der Waals surface area contributed by atoms with E-state index in [-0.39, 0.29) is 45.1 Å². The number of amides is 1. The summed E-state index contributed by atoms with van der Waals surface area (Å²) in [4.78, 5) is 26.8. The number of nitrogens with two attached hydrogens (primary N) is 1. The van der Waals surface area contributed by atoms with Gasteiger partial charge >= 0.3 is 0 Å². The second-order valence-corrected chi connectivity index (χ2v) is 12.8. The molecule has 49 heavy (non-hydrogen) atoms. The molecule has 0 aromatic heterocycles. The van der Waals surface area contributed by atoms with E-state index in [0.29, 0.717) is 12.8 Å². The van der Waals surface area contributed by atoms with E-state index in [1.54, 1.807) is 0 Å². The molecule has 4 rings (SSSR count). The highest BCUT2D eigenvalue weighted by Crippen LogP contribution is 2.29. The Hall–Kier alpha value is -3.52. The number of Topliss-reactive ketones (excluding diaryl/α,β-unsaturated/α-hetero) is 1. The van der Waals surface area contributed by atoms with Crippen molar-refractivity contribution in [2.75, 3.05) is 6.61 Å². The molecule has 1 amide bonds. The summed E-state index contributed by atoms with van der Waals surface area (Å²) in [6, 6.07) is 29.5. The van der Waals surface area contributed by atoms with Crippen LogP contribution in [-0.4, -0.2) is 30.4 Å². The van der Waals surface area contributed by atoms with Crippen LogP contribution in [0.5, 0.6) is 5.75 Å². The van der Waals surface area contributed by atoms with Gasteiger partial charge in [0, 0.05) is 6.42 Å². The number of carbonyl (C=O) groups is 2. The minimum Gasteiger partial charge on any atom is -0.494 e. The molecular weight excluding hydrogens is 645 g/mol. The van der Waals surface area contributed by atoms with E-state index in [9.17, 15) is 9.59 Å². The van der Waals surface area contributed by atoms with Crippen LogP contribution in [-0.2, 0) is 35.3 Å². The van der Waals surface area contributed by atoms with Crippen LogP contribution in [0.25, 0.3) is 11.1 Å². The first-order chi connectivity index (χ1) is 22.7. The third kappa shape index (κ3) is 13.4. The fourth-order valence-corrected chi connectivity index (χ4v) is 6.18. The molecule has 0 heterocycles. The predicted octanol–water partition coefficient (Wildman–Crippen LogP) is 8.52. The van der Waals surface area contributed by atoms with Gasteiger partial charge in [0.1, 0.15) is 5.75 Å². The molecule has 7 heteroatoms. The van der Waals surface area contributed by atoms with Crippen LogP contribution in [0.4, 0.5) is 0 Å². The van der Waals surface area contributed by atoms with Crippen LogP contribution in [0.2, 0.25) is 0 Å². The van der Waals surface area contributed by atoms with E-state index >= 15 is 0 Å². The van der Waals surface area contributed by atoms with Crippen molar-refractivity contribution in [2.45, 2.75) is 97.6 Å². The summed E-state index contributed by atoms with van der Waals surface area (Å²) in [6.45, 7) is 9.30. The first-order valence-corrected chi connectivity index (χ1v) is 17.3. The van der Waals surface area contributed by atoms with Crippen LogP contribution in [0, 0.1) is 13.8 Å². The summed E-state index contributed by atoms with van der Waals surface area (Å²) in [6.07, 6.45) is 7.20. The maximum absolute atomic E-state index is 13.4. The molecule has 264 valence electrons. The van der Waals surface area contributed by atoms with Gasteiger partial charge in [-0.25, -0.2) is 0 Å². The molecule has 0 fully saturated rings. The number of aryl methyl sites for hydroxylation is 4. The average molecular weight is 701 g/mol. The normalized spacial score (nSPS) is 11.9. The van der Waals surface area contributed by atoms with E-state index in [1.807, 2.05) is 48.5 Å². The highest BCUT2D eigenvalue weighted by Gasteiger charge is 2.24. The van der Waals surface area contributed by atoms with Gasteiger partial charge < -0.3 is 15.8 Å². The summed E-state index contributed by atoms with van der Waals surface area (Å²) in [5, 5.41) is 3.02. The van der Waals surface area contributed by atoms with Crippen molar-refractivity contribution in [3.05, 3.63) is 124 Å².